The number of hydrogen-bond donors (Lipinski definition) is 2. The van der Waals surface area contributed by atoms with Crippen molar-refractivity contribution in [3.8, 4) is 0 Å². The average Bonchev–Trinajstić information content (AvgIpc) is 3.13. The van der Waals surface area contributed by atoms with E-state index in [1.807, 2.05) is 18.4 Å². The van der Waals surface area contributed by atoms with Gasteiger partial charge in [0.15, 0.2) is 0 Å². The Bertz CT molecular complexity index is 578. The van der Waals surface area contributed by atoms with Gasteiger partial charge in [-0.2, -0.15) is 0 Å². The molecule has 0 aliphatic rings. The number of rotatable bonds is 6. The van der Waals surface area contributed by atoms with Crippen LogP contribution in [0, 0.1) is 0 Å². The van der Waals surface area contributed by atoms with Gasteiger partial charge in [-0.15, -0.1) is 22.7 Å². The summed E-state index contributed by atoms with van der Waals surface area (Å²) in [4.78, 5) is 28.8. The van der Waals surface area contributed by atoms with E-state index in [0.717, 1.165) is 11.4 Å². The molecule has 0 aliphatic carbocycles. The second kappa shape index (κ2) is 7.16. The van der Waals surface area contributed by atoms with E-state index in [2.05, 4.69) is 15.6 Å². The molecule has 0 aromatic carbocycles. The van der Waals surface area contributed by atoms with Gasteiger partial charge in [-0.25, -0.2) is 4.98 Å². The number of thiophene rings is 1. The fourth-order valence-corrected chi connectivity index (χ4v) is 2.93. The van der Waals surface area contributed by atoms with E-state index in [1.54, 1.807) is 12.3 Å². The molecule has 106 valence electrons. The predicted molar refractivity (Wildman–Crippen MR) is 80.5 cm³/mol. The molecule has 2 aromatic rings. The van der Waals surface area contributed by atoms with Gasteiger partial charge >= 0.3 is 0 Å². The van der Waals surface area contributed by atoms with E-state index in [0.29, 0.717) is 22.8 Å². The number of hydrogen-bond acceptors (Lipinski definition) is 5. The molecule has 7 heteroatoms. The van der Waals surface area contributed by atoms with Crippen LogP contribution in [0.25, 0.3) is 0 Å². The maximum absolute atomic E-state index is 11.8. The molecular formula is C13H15N3O2S2. The third-order valence-electron chi connectivity index (χ3n) is 2.52. The highest BCUT2D eigenvalue weighted by Crippen LogP contribution is 2.12. The molecule has 0 aliphatic heterocycles. The van der Waals surface area contributed by atoms with Gasteiger partial charge in [-0.1, -0.05) is 13.0 Å². The molecular weight excluding hydrogens is 294 g/mol. The van der Waals surface area contributed by atoms with Gasteiger partial charge in [0.1, 0.15) is 4.88 Å². The van der Waals surface area contributed by atoms with Crippen LogP contribution in [-0.2, 0) is 6.42 Å². The number of nitrogens with one attached hydrogen (secondary N) is 2. The van der Waals surface area contributed by atoms with Crippen molar-refractivity contribution in [3.05, 3.63) is 38.5 Å². The first-order valence-electron chi connectivity index (χ1n) is 6.25. The van der Waals surface area contributed by atoms with Gasteiger partial charge in [-0.05, 0) is 17.9 Å². The highest BCUT2D eigenvalue weighted by molar-refractivity contribution is 7.13. The van der Waals surface area contributed by atoms with Crippen LogP contribution in [0.15, 0.2) is 23.7 Å². The summed E-state index contributed by atoms with van der Waals surface area (Å²) in [5.74, 6) is -0.257. The number of thiazole rings is 1. The van der Waals surface area contributed by atoms with Gasteiger partial charge < -0.3 is 10.6 Å². The van der Waals surface area contributed by atoms with Crippen LogP contribution < -0.4 is 10.6 Å². The highest BCUT2D eigenvalue weighted by atomic mass is 32.1. The molecule has 2 aromatic heterocycles. The number of nitrogens with zero attached hydrogens (tertiary/aromatic N) is 1. The van der Waals surface area contributed by atoms with Crippen molar-refractivity contribution in [2.45, 2.75) is 13.3 Å². The molecule has 0 spiro atoms. The van der Waals surface area contributed by atoms with Crippen LogP contribution in [-0.4, -0.2) is 29.9 Å². The molecule has 2 N–H and O–H groups in total. The Labute approximate surface area is 125 Å². The smallest absolute Gasteiger partial charge is 0.263 e. The Morgan fingerprint density at radius 2 is 1.90 bits per heavy atom. The Morgan fingerprint density at radius 3 is 2.45 bits per heavy atom. The average molecular weight is 309 g/mol. The van der Waals surface area contributed by atoms with Gasteiger partial charge in [0, 0.05) is 13.1 Å². The molecule has 0 saturated heterocycles. The van der Waals surface area contributed by atoms with E-state index < -0.39 is 0 Å². The van der Waals surface area contributed by atoms with Crippen molar-refractivity contribution in [2.75, 3.05) is 13.1 Å². The Kier molecular flexibility index (Phi) is 5.25. The van der Waals surface area contributed by atoms with E-state index in [9.17, 15) is 9.59 Å². The maximum atomic E-state index is 11.8. The van der Waals surface area contributed by atoms with E-state index >= 15 is 0 Å². The predicted octanol–water partition coefficient (Wildman–Crippen LogP) is 1.93. The minimum absolute atomic E-state index is 0.111. The van der Waals surface area contributed by atoms with Crippen LogP contribution >= 0.6 is 22.7 Å². The summed E-state index contributed by atoms with van der Waals surface area (Å²) < 4.78 is 0. The number of amides is 2. The minimum atomic E-state index is -0.146. The Balaban J connectivity index is 1.70. The SMILES string of the molecule is CCc1ncc(C(=O)NCCNC(=O)c2cccs2)s1. The second-order valence-electron chi connectivity index (χ2n) is 3.96. The zero-order valence-corrected chi connectivity index (χ0v) is 12.6. The molecule has 0 unspecified atom stereocenters. The first kappa shape index (κ1) is 14.7. The van der Waals surface area contributed by atoms with E-state index in [1.165, 1.54) is 22.7 Å². The minimum Gasteiger partial charge on any atom is -0.350 e. The molecule has 0 fully saturated rings. The number of carbonyl (C=O) groups excluding carboxylic acids is 2. The summed E-state index contributed by atoms with van der Waals surface area (Å²) in [6.07, 6.45) is 2.41. The molecule has 2 rings (SSSR count). The number of aryl methyl sites for hydroxylation is 1. The van der Waals surface area contributed by atoms with Gasteiger partial charge in [0.2, 0.25) is 0 Å². The van der Waals surface area contributed by atoms with Gasteiger partial charge in [-0.3, -0.25) is 9.59 Å². The molecule has 2 heterocycles. The topological polar surface area (TPSA) is 71.1 Å². The van der Waals surface area contributed by atoms with Crippen molar-refractivity contribution in [1.82, 2.24) is 15.6 Å². The lowest BCUT2D eigenvalue weighted by Crippen LogP contribution is -2.34. The second-order valence-corrected chi connectivity index (χ2v) is 6.02. The van der Waals surface area contributed by atoms with Crippen LogP contribution in [0.3, 0.4) is 0 Å². The monoisotopic (exact) mass is 309 g/mol. The largest absolute Gasteiger partial charge is 0.350 e. The standard InChI is InChI=1S/C13H15N3O2S2/c1-2-11-16-8-10(20-11)13(18)15-6-5-14-12(17)9-4-3-7-19-9/h3-4,7-8H,2,5-6H2,1H3,(H,14,17)(H,15,18). The molecule has 0 bridgehead atoms. The molecule has 0 atom stereocenters. The normalized spacial score (nSPS) is 10.2. The molecule has 20 heavy (non-hydrogen) atoms. The lowest BCUT2D eigenvalue weighted by molar-refractivity contribution is 0.0931. The van der Waals surface area contributed by atoms with Crippen molar-refractivity contribution >= 4 is 34.5 Å². The third-order valence-corrected chi connectivity index (χ3v) is 4.53. The van der Waals surface area contributed by atoms with Crippen LogP contribution in [0.4, 0.5) is 0 Å². The summed E-state index contributed by atoms with van der Waals surface area (Å²) in [5, 5.41) is 8.31. The molecule has 5 nitrogen and oxygen atoms in total. The summed E-state index contributed by atoms with van der Waals surface area (Å²) in [6, 6.07) is 3.60. The molecule has 2 amide bonds. The van der Waals surface area contributed by atoms with E-state index in [4.69, 9.17) is 0 Å². The summed E-state index contributed by atoms with van der Waals surface area (Å²) in [5.41, 5.74) is 0. The van der Waals surface area contributed by atoms with Crippen molar-refractivity contribution in [3.63, 3.8) is 0 Å². The number of aromatic nitrogens is 1. The van der Waals surface area contributed by atoms with Crippen molar-refractivity contribution < 1.29 is 9.59 Å². The number of carbonyl (C=O) groups is 2. The van der Waals surface area contributed by atoms with Gasteiger partial charge in [0.05, 0.1) is 16.1 Å². The first-order valence-corrected chi connectivity index (χ1v) is 7.95. The summed E-state index contributed by atoms with van der Waals surface area (Å²) in [7, 11) is 0. The van der Waals surface area contributed by atoms with Crippen LogP contribution in [0.2, 0.25) is 0 Å². The lowest BCUT2D eigenvalue weighted by atomic mass is 10.4. The van der Waals surface area contributed by atoms with Gasteiger partial charge in [0.25, 0.3) is 11.8 Å². The lowest BCUT2D eigenvalue weighted by Gasteiger charge is -2.04. The highest BCUT2D eigenvalue weighted by Gasteiger charge is 2.09. The maximum Gasteiger partial charge on any atom is 0.263 e. The Hall–Kier alpha value is -1.73. The summed E-state index contributed by atoms with van der Waals surface area (Å²) in [6.45, 7) is 2.80. The quantitative estimate of drug-likeness (QED) is 0.801. The zero-order chi connectivity index (χ0) is 14.4. The Morgan fingerprint density at radius 1 is 1.20 bits per heavy atom. The van der Waals surface area contributed by atoms with Crippen molar-refractivity contribution in [1.29, 1.82) is 0 Å². The fourth-order valence-electron chi connectivity index (χ4n) is 1.51. The summed E-state index contributed by atoms with van der Waals surface area (Å²) >= 11 is 2.79. The fraction of sp³-hybridized carbons (Fsp3) is 0.308. The first-order chi connectivity index (χ1) is 9.70. The molecule has 0 radical (unpaired) electrons. The molecule has 0 saturated carbocycles. The van der Waals surface area contributed by atoms with Crippen LogP contribution in [0.5, 0.6) is 0 Å². The van der Waals surface area contributed by atoms with Crippen LogP contribution in [0.1, 0.15) is 31.3 Å². The third kappa shape index (κ3) is 3.88. The zero-order valence-electron chi connectivity index (χ0n) is 11.0. The van der Waals surface area contributed by atoms with E-state index in [-0.39, 0.29) is 11.8 Å². The van der Waals surface area contributed by atoms with Crippen molar-refractivity contribution in [2.24, 2.45) is 0 Å².